The summed E-state index contributed by atoms with van der Waals surface area (Å²) in [6.45, 7) is 2.28. The summed E-state index contributed by atoms with van der Waals surface area (Å²) in [5, 5.41) is 0. The summed E-state index contributed by atoms with van der Waals surface area (Å²) in [5.41, 5.74) is 2.80. The molecule has 2 rings (SSSR count). The molecule has 0 saturated carbocycles. The number of rotatable bonds is 9. The first kappa shape index (κ1) is 16.6. The van der Waals surface area contributed by atoms with E-state index in [0.29, 0.717) is 0 Å². The lowest BCUT2D eigenvalue weighted by atomic mass is 9.89. The maximum atomic E-state index is 5.50. The molecule has 0 heterocycles. The molecule has 0 N–H and O–H groups in total. The van der Waals surface area contributed by atoms with Crippen LogP contribution in [0.5, 0.6) is 5.75 Å². The summed E-state index contributed by atoms with van der Waals surface area (Å²) in [4.78, 5) is 0. The largest absolute Gasteiger partial charge is 0.496 e. The maximum Gasteiger partial charge on any atom is 0.122 e. The van der Waals surface area contributed by atoms with Crippen LogP contribution < -0.4 is 4.74 Å². The molecule has 0 bridgehead atoms. The number of ether oxygens (including phenoxy) is 1. The lowest BCUT2D eigenvalue weighted by molar-refractivity contribution is 0.391. The highest BCUT2D eigenvalue weighted by molar-refractivity contribution is 5.33. The van der Waals surface area contributed by atoms with Crippen LogP contribution in [0.4, 0.5) is 0 Å². The summed E-state index contributed by atoms with van der Waals surface area (Å²) in [6.07, 6.45) is 7.43. The van der Waals surface area contributed by atoms with E-state index in [9.17, 15) is 0 Å². The Kier molecular flexibility index (Phi) is 7.02. The van der Waals surface area contributed by atoms with Gasteiger partial charge in [-0.25, -0.2) is 0 Å². The van der Waals surface area contributed by atoms with Crippen molar-refractivity contribution in [3.63, 3.8) is 0 Å². The van der Waals surface area contributed by atoms with Crippen molar-refractivity contribution in [2.45, 2.75) is 45.4 Å². The number of hydrogen-bond donors (Lipinski definition) is 0. The number of aryl methyl sites for hydroxylation is 1. The van der Waals surface area contributed by atoms with E-state index in [0.717, 1.165) is 18.1 Å². The fourth-order valence-corrected chi connectivity index (χ4v) is 3.18. The minimum absolute atomic E-state index is 0.755. The van der Waals surface area contributed by atoms with Crippen molar-refractivity contribution in [2.24, 2.45) is 5.92 Å². The molecular weight excluding hydrogens is 268 g/mol. The first-order valence-electron chi connectivity index (χ1n) is 8.49. The molecule has 118 valence electrons. The molecule has 0 fully saturated rings. The van der Waals surface area contributed by atoms with E-state index in [2.05, 4.69) is 55.5 Å². The maximum absolute atomic E-state index is 5.50. The third kappa shape index (κ3) is 5.22. The minimum atomic E-state index is 0.755. The Labute approximate surface area is 135 Å². The van der Waals surface area contributed by atoms with Gasteiger partial charge in [0.15, 0.2) is 0 Å². The Balaban J connectivity index is 1.89. The van der Waals surface area contributed by atoms with Crippen LogP contribution in [-0.2, 0) is 12.8 Å². The average molecular weight is 296 g/mol. The van der Waals surface area contributed by atoms with E-state index in [1.807, 2.05) is 6.07 Å². The Morgan fingerprint density at radius 3 is 2.36 bits per heavy atom. The molecule has 0 amide bonds. The smallest absolute Gasteiger partial charge is 0.122 e. The Hall–Kier alpha value is -1.76. The van der Waals surface area contributed by atoms with Gasteiger partial charge in [-0.3, -0.25) is 0 Å². The number of hydrogen-bond acceptors (Lipinski definition) is 1. The zero-order chi connectivity index (χ0) is 15.6. The number of benzene rings is 2. The summed E-state index contributed by atoms with van der Waals surface area (Å²) in [7, 11) is 1.77. The second-order valence-electron chi connectivity index (χ2n) is 6.05. The van der Waals surface area contributed by atoms with Gasteiger partial charge in [-0.05, 0) is 48.8 Å². The van der Waals surface area contributed by atoms with Crippen molar-refractivity contribution in [1.29, 1.82) is 0 Å². The van der Waals surface area contributed by atoms with Crippen LogP contribution in [0.3, 0.4) is 0 Å². The van der Waals surface area contributed by atoms with Gasteiger partial charge in [0.2, 0.25) is 0 Å². The Morgan fingerprint density at radius 1 is 0.909 bits per heavy atom. The third-order valence-corrected chi connectivity index (χ3v) is 4.32. The van der Waals surface area contributed by atoms with E-state index in [4.69, 9.17) is 4.74 Å². The van der Waals surface area contributed by atoms with Crippen molar-refractivity contribution >= 4 is 0 Å². The van der Waals surface area contributed by atoms with E-state index in [1.54, 1.807) is 7.11 Å². The highest BCUT2D eigenvalue weighted by Gasteiger charge is 2.12. The van der Waals surface area contributed by atoms with Crippen molar-refractivity contribution < 1.29 is 4.74 Å². The second-order valence-corrected chi connectivity index (χ2v) is 6.05. The van der Waals surface area contributed by atoms with Gasteiger partial charge in [-0.2, -0.15) is 0 Å². The van der Waals surface area contributed by atoms with Crippen molar-refractivity contribution in [2.75, 3.05) is 7.11 Å². The van der Waals surface area contributed by atoms with Crippen LogP contribution in [0.15, 0.2) is 54.6 Å². The summed E-state index contributed by atoms with van der Waals surface area (Å²) >= 11 is 0. The molecule has 0 aliphatic carbocycles. The van der Waals surface area contributed by atoms with Crippen LogP contribution in [0, 0.1) is 5.92 Å². The zero-order valence-corrected chi connectivity index (χ0v) is 13.9. The minimum Gasteiger partial charge on any atom is -0.496 e. The predicted molar refractivity (Wildman–Crippen MR) is 94.5 cm³/mol. The fraction of sp³-hybridized carbons (Fsp3) is 0.429. The van der Waals surface area contributed by atoms with Gasteiger partial charge in [0, 0.05) is 0 Å². The molecule has 1 unspecified atom stereocenters. The molecule has 1 heteroatoms. The Morgan fingerprint density at radius 2 is 1.64 bits per heavy atom. The van der Waals surface area contributed by atoms with Crippen LogP contribution in [0.2, 0.25) is 0 Å². The van der Waals surface area contributed by atoms with Gasteiger partial charge in [-0.1, -0.05) is 68.3 Å². The molecular formula is C21H28O. The molecule has 0 aliphatic rings. The standard InChI is InChI=1S/C21H28O/c1-3-10-19(14-9-13-18-11-5-4-6-12-18)17-20-15-7-8-16-21(20)22-2/h4-8,11-12,15-16,19H,3,9-10,13-14,17H2,1-2H3. The molecule has 0 aliphatic heterocycles. The van der Waals surface area contributed by atoms with E-state index in [1.165, 1.54) is 43.2 Å². The van der Waals surface area contributed by atoms with Gasteiger partial charge in [0.1, 0.15) is 5.75 Å². The lowest BCUT2D eigenvalue weighted by Gasteiger charge is -2.18. The second kappa shape index (κ2) is 9.30. The first-order valence-corrected chi connectivity index (χ1v) is 8.49. The molecule has 2 aromatic rings. The quantitative estimate of drug-likeness (QED) is 0.578. The van der Waals surface area contributed by atoms with Crippen molar-refractivity contribution in [3.05, 3.63) is 65.7 Å². The normalized spacial score (nSPS) is 12.1. The van der Waals surface area contributed by atoms with Gasteiger partial charge >= 0.3 is 0 Å². The van der Waals surface area contributed by atoms with Crippen LogP contribution in [-0.4, -0.2) is 7.11 Å². The monoisotopic (exact) mass is 296 g/mol. The summed E-state index contributed by atoms with van der Waals surface area (Å²) in [6, 6.07) is 19.3. The Bertz CT molecular complexity index is 533. The van der Waals surface area contributed by atoms with E-state index >= 15 is 0 Å². The molecule has 1 atom stereocenters. The fourth-order valence-electron chi connectivity index (χ4n) is 3.18. The van der Waals surface area contributed by atoms with Crippen LogP contribution >= 0.6 is 0 Å². The SMILES string of the molecule is CCCC(CCCc1ccccc1)Cc1ccccc1OC. The molecule has 0 radical (unpaired) electrons. The summed E-state index contributed by atoms with van der Waals surface area (Å²) < 4.78 is 5.50. The zero-order valence-electron chi connectivity index (χ0n) is 13.9. The van der Waals surface area contributed by atoms with Crippen molar-refractivity contribution in [3.8, 4) is 5.75 Å². The predicted octanol–water partition coefficient (Wildman–Crippen LogP) is 5.68. The highest BCUT2D eigenvalue weighted by Crippen LogP contribution is 2.26. The molecule has 0 spiro atoms. The van der Waals surface area contributed by atoms with Gasteiger partial charge in [0.05, 0.1) is 7.11 Å². The lowest BCUT2D eigenvalue weighted by Crippen LogP contribution is -2.06. The topological polar surface area (TPSA) is 9.23 Å². The van der Waals surface area contributed by atoms with Gasteiger partial charge in [-0.15, -0.1) is 0 Å². The van der Waals surface area contributed by atoms with Crippen LogP contribution in [0.1, 0.15) is 43.7 Å². The molecule has 0 saturated heterocycles. The van der Waals surface area contributed by atoms with E-state index in [-0.39, 0.29) is 0 Å². The molecule has 22 heavy (non-hydrogen) atoms. The van der Waals surface area contributed by atoms with E-state index < -0.39 is 0 Å². The highest BCUT2D eigenvalue weighted by atomic mass is 16.5. The number of methoxy groups -OCH3 is 1. The average Bonchev–Trinajstić information content (AvgIpc) is 2.56. The number of para-hydroxylation sites is 1. The molecule has 1 nitrogen and oxygen atoms in total. The van der Waals surface area contributed by atoms with Crippen LogP contribution in [0.25, 0.3) is 0 Å². The van der Waals surface area contributed by atoms with Gasteiger partial charge < -0.3 is 4.74 Å². The molecule has 2 aromatic carbocycles. The molecule has 0 aromatic heterocycles. The van der Waals surface area contributed by atoms with Gasteiger partial charge in [0.25, 0.3) is 0 Å². The first-order chi connectivity index (χ1) is 10.8. The van der Waals surface area contributed by atoms with Crippen molar-refractivity contribution in [1.82, 2.24) is 0 Å². The summed E-state index contributed by atoms with van der Waals surface area (Å²) in [5.74, 6) is 1.79. The third-order valence-electron chi connectivity index (χ3n) is 4.32.